The highest BCUT2D eigenvalue weighted by Crippen LogP contribution is 2.27. The second-order valence-electron chi connectivity index (χ2n) is 4.35. The average Bonchev–Trinajstić information content (AvgIpc) is 2.72. The first-order valence-electron chi connectivity index (χ1n) is 5.91. The molecule has 1 heterocycles. The summed E-state index contributed by atoms with van der Waals surface area (Å²) in [5.74, 6) is 0.646. The lowest BCUT2D eigenvalue weighted by Gasteiger charge is -2.19. The van der Waals surface area contributed by atoms with Crippen molar-refractivity contribution in [1.29, 1.82) is 0 Å². The smallest absolute Gasteiger partial charge is 0.185 e. The van der Waals surface area contributed by atoms with Gasteiger partial charge in [0.2, 0.25) is 0 Å². The molecule has 1 aromatic rings. The van der Waals surface area contributed by atoms with Crippen molar-refractivity contribution < 1.29 is 9.84 Å². The molecule has 1 atom stereocenters. The molecule has 0 aliphatic rings. The molecule has 0 saturated carbocycles. The highest BCUT2D eigenvalue weighted by Gasteiger charge is 2.14. The summed E-state index contributed by atoms with van der Waals surface area (Å²) in [6.45, 7) is 5.90. The normalized spacial score (nSPS) is 12.8. The van der Waals surface area contributed by atoms with Crippen molar-refractivity contribution >= 4 is 16.5 Å². The molecular weight excluding hydrogens is 236 g/mol. The fraction of sp³-hybridized carbons (Fsp3) is 0.750. The first kappa shape index (κ1) is 14.4. The summed E-state index contributed by atoms with van der Waals surface area (Å²) in [6, 6.07) is 0. The van der Waals surface area contributed by atoms with Crippen molar-refractivity contribution in [2.45, 2.75) is 33.5 Å². The number of aliphatic hydroxyl groups excluding tert-OH is 1. The summed E-state index contributed by atoms with van der Waals surface area (Å²) in [7, 11) is 3.69. The van der Waals surface area contributed by atoms with E-state index in [4.69, 9.17) is 4.74 Å². The molecule has 0 fully saturated rings. The maximum Gasteiger partial charge on any atom is 0.185 e. The zero-order valence-electron chi connectivity index (χ0n) is 11.1. The molecule has 1 unspecified atom stereocenters. The zero-order valence-corrected chi connectivity index (χ0v) is 11.9. The SMILES string of the molecule is CCC(C)CN(C)c1nc(COC)c(CO)s1. The Morgan fingerprint density at radius 3 is 2.76 bits per heavy atom. The molecule has 0 aliphatic carbocycles. The number of anilines is 1. The molecule has 0 saturated heterocycles. The van der Waals surface area contributed by atoms with E-state index in [-0.39, 0.29) is 6.61 Å². The van der Waals surface area contributed by atoms with Gasteiger partial charge in [-0.15, -0.1) is 0 Å². The molecule has 98 valence electrons. The van der Waals surface area contributed by atoms with Gasteiger partial charge in [-0.3, -0.25) is 0 Å². The first-order chi connectivity index (χ1) is 8.12. The van der Waals surface area contributed by atoms with E-state index in [0.717, 1.165) is 28.7 Å². The van der Waals surface area contributed by atoms with Crippen molar-refractivity contribution in [3.63, 3.8) is 0 Å². The lowest BCUT2D eigenvalue weighted by Crippen LogP contribution is -2.23. The lowest BCUT2D eigenvalue weighted by atomic mass is 10.1. The van der Waals surface area contributed by atoms with Gasteiger partial charge in [0.05, 0.1) is 23.8 Å². The highest BCUT2D eigenvalue weighted by atomic mass is 32.1. The number of thiazole rings is 1. The van der Waals surface area contributed by atoms with Crippen molar-refractivity contribution in [1.82, 2.24) is 4.98 Å². The molecular formula is C12H22N2O2S. The van der Waals surface area contributed by atoms with Crippen molar-refractivity contribution in [2.24, 2.45) is 5.92 Å². The Hall–Kier alpha value is -0.650. The number of rotatable bonds is 7. The molecule has 0 aliphatic heterocycles. The van der Waals surface area contributed by atoms with Crippen LogP contribution in [0.1, 0.15) is 30.8 Å². The van der Waals surface area contributed by atoms with Crippen LogP contribution in [0, 0.1) is 5.92 Å². The van der Waals surface area contributed by atoms with Crippen LogP contribution < -0.4 is 4.90 Å². The average molecular weight is 258 g/mol. The minimum atomic E-state index is 0.0352. The molecule has 1 aromatic heterocycles. The molecule has 0 radical (unpaired) electrons. The summed E-state index contributed by atoms with van der Waals surface area (Å²) in [5.41, 5.74) is 0.853. The van der Waals surface area contributed by atoms with Crippen LogP contribution in [0.4, 0.5) is 5.13 Å². The van der Waals surface area contributed by atoms with Gasteiger partial charge >= 0.3 is 0 Å². The van der Waals surface area contributed by atoms with E-state index in [1.807, 2.05) is 7.05 Å². The van der Waals surface area contributed by atoms with Gasteiger partial charge in [-0.25, -0.2) is 4.98 Å². The third-order valence-corrected chi connectivity index (χ3v) is 4.00. The first-order valence-corrected chi connectivity index (χ1v) is 6.73. The molecule has 1 N–H and O–H groups in total. The third-order valence-electron chi connectivity index (χ3n) is 2.80. The van der Waals surface area contributed by atoms with E-state index in [0.29, 0.717) is 12.5 Å². The topological polar surface area (TPSA) is 45.6 Å². The second-order valence-corrected chi connectivity index (χ2v) is 5.41. The molecule has 5 heteroatoms. The van der Waals surface area contributed by atoms with Crippen LogP contribution in [0.3, 0.4) is 0 Å². The predicted molar refractivity (Wildman–Crippen MR) is 71.5 cm³/mol. The number of nitrogens with zero attached hydrogens (tertiary/aromatic N) is 2. The Balaban J connectivity index is 2.76. The molecule has 4 nitrogen and oxygen atoms in total. The summed E-state index contributed by atoms with van der Waals surface area (Å²) in [6.07, 6.45) is 1.16. The minimum absolute atomic E-state index is 0.0352. The van der Waals surface area contributed by atoms with Gasteiger partial charge in [-0.2, -0.15) is 0 Å². The Morgan fingerprint density at radius 2 is 2.24 bits per heavy atom. The molecule has 1 rings (SSSR count). The largest absolute Gasteiger partial charge is 0.391 e. The van der Waals surface area contributed by atoms with Crippen molar-refractivity contribution in [3.8, 4) is 0 Å². The van der Waals surface area contributed by atoms with Gasteiger partial charge in [0, 0.05) is 20.7 Å². The van der Waals surface area contributed by atoms with Gasteiger partial charge < -0.3 is 14.7 Å². The number of methoxy groups -OCH3 is 1. The number of hydrogen-bond donors (Lipinski definition) is 1. The van der Waals surface area contributed by atoms with E-state index in [1.54, 1.807) is 18.4 Å². The van der Waals surface area contributed by atoms with E-state index in [9.17, 15) is 5.11 Å². The van der Waals surface area contributed by atoms with Crippen LogP contribution in [0.2, 0.25) is 0 Å². The molecule has 0 aromatic carbocycles. The van der Waals surface area contributed by atoms with Gasteiger partial charge in [0.15, 0.2) is 5.13 Å². The lowest BCUT2D eigenvalue weighted by molar-refractivity contribution is 0.179. The van der Waals surface area contributed by atoms with E-state index < -0.39 is 0 Å². The Kier molecular flexibility index (Phi) is 5.88. The maximum atomic E-state index is 9.26. The zero-order chi connectivity index (χ0) is 12.8. The monoisotopic (exact) mass is 258 g/mol. The van der Waals surface area contributed by atoms with Crippen LogP contribution in [-0.4, -0.2) is 30.8 Å². The van der Waals surface area contributed by atoms with Crippen LogP contribution in [0.15, 0.2) is 0 Å². The Labute approximate surface area is 107 Å². The number of ether oxygens (including phenoxy) is 1. The fourth-order valence-corrected chi connectivity index (χ4v) is 2.47. The number of hydrogen-bond acceptors (Lipinski definition) is 5. The maximum absolute atomic E-state index is 9.26. The Bertz CT molecular complexity index is 341. The fourth-order valence-electron chi connectivity index (χ4n) is 1.58. The number of aliphatic hydroxyl groups is 1. The van der Waals surface area contributed by atoms with Gasteiger partial charge in [0.1, 0.15) is 0 Å². The standard InChI is InChI=1S/C12H22N2O2S/c1-5-9(2)6-14(3)12-13-10(8-16-4)11(7-15)17-12/h9,15H,5-8H2,1-4H3. The molecule has 0 bridgehead atoms. The second kappa shape index (κ2) is 6.93. The van der Waals surface area contributed by atoms with Crippen LogP contribution >= 0.6 is 11.3 Å². The molecule has 17 heavy (non-hydrogen) atoms. The summed E-state index contributed by atoms with van der Waals surface area (Å²) >= 11 is 1.54. The van der Waals surface area contributed by atoms with Gasteiger partial charge in [-0.1, -0.05) is 31.6 Å². The summed E-state index contributed by atoms with van der Waals surface area (Å²) in [5, 5.41) is 10.2. The van der Waals surface area contributed by atoms with Crippen molar-refractivity contribution in [2.75, 3.05) is 25.6 Å². The van der Waals surface area contributed by atoms with E-state index in [1.165, 1.54) is 0 Å². The van der Waals surface area contributed by atoms with Crippen LogP contribution in [0.25, 0.3) is 0 Å². The van der Waals surface area contributed by atoms with Gasteiger partial charge in [-0.05, 0) is 5.92 Å². The minimum Gasteiger partial charge on any atom is -0.391 e. The predicted octanol–water partition coefficient (Wildman–Crippen LogP) is 2.26. The quantitative estimate of drug-likeness (QED) is 0.815. The molecule has 0 amide bonds. The van der Waals surface area contributed by atoms with E-state index in [2.05, 4.69) is 23.7 Å². The molecule has 0 spiro atoms. The van der Waals surface area contributed by atoms with E-state index >= 15 is 0 Å². The third kappa shape index (κ3) is 3.94. The van der Waals surface area contributed by atoms with Crippen molar-refractivity contribution in [3.05, 3.63) is 10.6 Å². The van der Waals surface area contributed by atoms with Crippen LogP contribution in [0.5, 0.6) is 0 Å². The van der Waals surface area contributed by atoms with Crippen LogP contribution in [-0.2, 0) is 18.0 Å². The Morgan fingerprint density at radius 1 is 1.53 bits per heavy atom. The highest BCUT2D eigenvalue weighted by molar-refractivity contribution is 7.15. The summed E-state index contributed by atoms with van der Waals surface area (Å²) < 4.78 is 5.08. The summed E-state index contributed by atoms with van der Waals surface area (Å²) in [4.78, 5) is 7.57. The number of aromatic nitrogens is 1. The van der Waals surface area contributed by atoms with Gasteiger partial charge in [0.25, 0.3) is 0 Å².